The van der Waals surface area contributed by atoms with Gasteiger partial charge in [-0.05, 0) is 30.5 Å². The van der Waals surface area contributed by atoms with Crippen molar-refractivity contribution in [2.24, 2.45) is 11.7 Å². The Kier molecular flexibility index (Phi) is 6.15. The Morgan fingerprint density at radius 3 is 3.00 bits per heavy atom. The van der Waals surface area contributed by atoms with Gasteiger partial charge in [0.25, 0.3) is 5.91 Å². The molecule has 3 heterocycles. The number of anilines is 2. The van der Waals surface area contributed by atoms with Gasteiger partial charge in [0.15, 0.2) is 0 Å². The molecule has 31 heavy (non-hydrogen) atoms. The summed E-state index contributed by atoms with van der Waals surface area (Å²) in [6.45, 7) is 3.75. The maximum absolute atomic E-state index is 14.1. The number of amides is 1. The predicted molar refractivity (Wildman–Crippen MR) is 120 cm³/mol. The van der Waals surface area contributed by atoms with Crippen LogP contribution in [0.25, 0.3) is 10.6 Å². The summed E-state index contributed by atoms with van der Waals surface area (Å²) in [5.41, 5.74) is 8.13. The zero-order valence-electron chi connectivity index (χ0n) is 17.1. The molecular formula is C22H24FN5O2S. The van der Waals surface area contributed by atoms with Crippen LogP contribution in [0, 0.1) is 11.7 Å². The van der Waals surface area contributed by atoms with Crippen LogP contribution in [0.5, 0.6) is 5.75 Å². The molecule has 7 nitrogen and oxygen atoms in total. The van der Waals surface area contributed by atoms with Gasteiger partial charge in [0.05, 0.1) is 17.6 Å². The molecule has 2 atom stereocenters. The van der Waals surface area contributed by atoms with Gasteiger partial charge in [0.2, 0.25) is 0 Å². The summed E-state index contributed by atoms with van der Waals surface area (Å²) < 4.78 is 14.1. The van der Waals surface area contributed by atoms with E-state index < -0.39 is 11.7 Å². The van der Waals surface area contributed by atoms with E-state index in [0.717, 1.165) is 42.5 Å². The lowest BCUT2D eigenvalue weighted by atomic mass is 9.92. The van der Waals surface area contributed by atoms with E-state index in [4.69, 9.17) is 5.73 Å². The van der Waals surface area contributed by atoms with Gasteiger partial charge < -0.3 is 21.1 Å². The number of rotatable bonds is 5. The third kappa shape index (κ3) is 4.67. The molecule has 1 amide bonds. The summed E-state index contributed by atoms with van der Waals surface area (Å²) in [6.07, 6.45) is 5.35. The van der Waals surface area contributed by atoms with Gasteiger partial charge in [-0.1, -0.05) is 13.3 Å². The van der Waals surface area contributed by atoms with E-state index in [0.29, 0.717) is 23.2 Å². The van der Waals surface area contributed by atoms with E-state index in [1.54, 1.807) is 17.8 Å². The highest BCUT2D eigenvalue weighted by Gasteiger charge is 2.26. The van der Waals surface area contributed by atoms with E-state index in [1.165, 1.54) is 12.1 Å². The minimum atomic E-state index is -0.595. The fourth-order valence-corrected chi connectivity index (χ4v) is 4.69. The topological polar surface area (TPSA) is 104 Å². The summed E-state index contributed by atoms with van der Waals surface area (Å²) in [7, 11) is 0. The number of benzene rings is 1. The minimum Gasteiger partial charge on any atom is -0.508 e. The van der Waals surface area contributed by atoms with E-state index >= 15 is 0 Å². The number of nitrogens with two attached hydrogens (primary N) is 1. The Balaban J connectivity index is 1.54. The molecule has 0 aliphatic carbocycles. The van der Waals surface area contributed by atoms with Crippen LogP contribution in [0.15, 0.2) is 42.0 Å². The Bertz CT molecular complexity index is 1090. The number of phenols is 1. The van der Waals surface area contributed by atoms with Crippen LogP contribution in [0.4, 0.5) is 15.8 Å². The molecule has 0 bridgehead atoms. The fraction of sp³-hybridized carbons (Fsp3) is 0.318. The van der Waals surface area contributed by atoms with Crippen molar-refractivity contribution in [3.05, 3.63) is 53.6 Å². The average molecular weight is 442 g/mol. The number of aromatic hydroxyl groups is 1. The van der Waals surface area contributed by atoms with Gasteiger partial charge in [-0.3, -0.25) is 9.78 Å². The third-order valence-electron chi connectivity index (χ3n) is 5.45. The number of thiazole rings is 1. The maximum atomic E-state index is 14.1. The molecule has 1 aliphatic heterocycles. The lowest BCUT2D eigenvalue weighted by Crippen LogP contribution is -2.47. The van der Waals surface area contributed by atoms with E-state index in [-0.39, 0.29) is 23.0 Å². The normalized spacial score (nSPS) is 18.7. The summed E-state index contributed by atoms with van der Waals surface area (Å²) in [6, 6.07) is 5.80. The van der Waals surface area contributed by atoms with E-state index in [1.807, 2.05) is 6.07 Å². The first kappa shape index (κ1) is 21.2. The van der Waals surface area contributed by atoms with Crippen LogP contribution in [0.2, 0.25) is 0 Å². The van der Waals surface area contributed by atoms with Crippen molar-refractivity contribution in [2.45, 2.75) is 25.8 Å². The zero-order valence-corrected chi connectivity index (χ0v) is 17.9. The lowest BCUT2D eigenvalue weighted by Gasteiger charge is -2.38. The van der Waals surface area contributed by atoms with Gasteiger partial charge in [-0.15, -0.1) is 11.3 Å². The number of hydrogen-bond acceptors (Lipinski definition) is 7. The number of pyridine rings is 1. The number of nitrogens with zero attached hydrogens (tertiary/aromatic N) is 3. The monoisotopic (exact) mass is 441 g/mol. The number of carbonyl (C=O) groups excluding carboxylic acids is 1. The number of hydrogen-bond donors (Lipinski definition) is 3. The van der Waals surface area contributed by atoms with Crippen LogP contribution >= 0.6 is 11.3 Å². The standard InChI is InChI=1S/C22H24FN5O2S/c1-2-13-7-14(24)11-28(10-13)20-5-6-25-9-18(20)26-21(30)19-12-31-22(27-19)16-4-3-15(29)8-17(16)23/h3-6,8-9,12-14,29H,2,7,10-11,24H2,1H3,(H,26,30). The number of carbonyl (C=O) groups is 1. The van der Waals surface area contributed by atoms with Gasteiger partial charge in [-0.25, -0.2) is 9.37 Å². The third-order valence-corrected chi connectivity index (χ3v) is 6.33. The lowest BCUT2D eigenvalue weighted by molar-refractivity contribution is 0.102. The second kappa shape index (κ2) is 8.99. The number of nitrogens with one attached hydrogen (secondary N) is 1. The molecule has 0 saturated carbocycles. The van der Waals surface area contributed by atoms with Crippen molar-refractivity contribution < 1.29 is 14.3 Å². The van der Waals surface area contributed by atoms with Crippen LogP contribution in [0.1, 0.15) is 30.3 Å². The van der Waals surface area contributed by atoms with E-state index in [2.05, 4.69) is 27.1 Å². The molecule has 0 spiro atoms. The smallest absolute Gasteiger partial charge is 0.275 e. The molecule has 1 aromatic carbocycles. The summed E-state index contributed by atoms with van der Waals surface area (Å²) in [5.74, 6) is -0.656. The second-order valence-corrected chi connectivity index (χ2v) is 8.58. The molecular weight excluding hydrogens is 417 g/mol. The molecule has 4 N–H and O–H groups in total. The molecule has 1 saturated heterocycles. The largest absolute Gasteiger partial charge is 0.508 e. The molecule has 162 valence electrons. The molecule has 4 rings (SSSR count). The summed E-state index contributed by atoms with van der Waals surface area (Å²) >= 11 is 1.16. The maximum Gasteiger partial charge on any atom is 0.275 e. The Morgan fingerprint density at radius 2 is 2.23 bits per heavy atom. The van der Waals surface area contributed by atoms with Crippen molar-refractivity contribution >= 4 is 28.6 Å². The van der Waals surface area contributed by atoms with Crippen LogP contribution in [0.3, 0.4) is 0 Å². The molecule has 2 unspecified atom stereocenters. The zero-order chi connectivity index (χ0) is 22.0. The van der Waals surface area contributed by atoms with Gasteiger partial charge in [0.1, 0.15) is 22.3 Å². The first-order valence-electron chi connectivity index (χ1n) is 10.1. The Morgan fingerprint density at radius 1 is 1.39 bits per heavy atom. The van der Waals surface area contributed by atoms with Gasteiger partial charge >= 0.3 is 0 Å². The number of phenolic OH excluding ortho intramolecular Hbond substituents is 1. The summed E-state index contributed by atoms with van der Waals surface area (Å²) in [4.78, 5) is 23.5. The molecule has 2 aromatic heterocycles. The van der Waals surface area contributed by atoms with Crippen molar-refractivity contribution in [3.63, 3.8) is 0 Å². The Labute approximate surface area is 183 Å². The molecule has 0 radical (unpaired) electrons. The first-order chi connectivity index (χ1) is 14.9. The predicted octanol–water partition coefficient (Wildman–Crippen LogP) is 3.87. The Hall–Kier alpha value is -3.04. The average Bonchev–Trinajstić information content (AvgIpc) is 3.23. The molecule has 9 heteroatoms. The second-order valence-electron chi connectivity index (χ2n) is 7.72. The molecule has 3 aromatic rings. The minimum absolute atomic E-state index is 0.0803. The quantitative estimate of drug-likeness (QED) is 0.555. The van der Waals surface area contributed by atoms with Crippen molar-refractivity contribution in [1.29, 1.82) is 0 Å². The van der Waals surface area contributed by atoms with Gasteiger partial charge in [0, 0.05) is 42.3 Å². The fourth-order valence-electron chi connectivity index (χ4n) is 3.86. The first-order valence-corrected chi connectivity index (χ1v) is 11.0. The van der Waals surface area contributed by atoms with Crippen molar-refractivity contribution in [1.82, 2.24) is 9.97 Å². The summed E-state index contributed by atoms with van der Waals surface area (Å²) in [5, 5.41) is 14.2. The van der Waals surface area contributed by atoms with Crippen LogP contribution in [-0.4, -0.2) is 40.1 Å². The SMILES string of the molecule is CCC1CC(N)CN(c2ccncc2NC(=O)c2csc(-c3ccc(O)cc3F)n2)C1. The molecule has 1 fully saturated rings. The number of aromatic nitrogens is 2. The van der Waals surface area contributed by atoms with E-state index in [9.17, 15) is 14.3 Å². The van der Waals surface area contributed by atoms with Crippen molar-refractivity contribution in [2.75, 3.05) is 23.3 Å². The van der Waals surface area contributed by atoms with Crippen LogP contribution in [-0.2, 0) is 0 Å². The highest BCUT2D eigenvalue weighted by Crippen LogP contribution is 2.31. The van der Waals surface area contributed by atoms with Crippen molar-refractivity contribution in [3.8, 4) is 16.3 Å². The molecule has 1 aliphatic rings. The highest BCUT2D eigenvalue weighted by atomic mass is 32.1. The van der Waals surface area contributed by atoms with Crippen LogP contribution < -0.4 is 16.0 Å². The number of piperidine rings is 1. The highest BCUT2D eigenvalue weighted by molar-refractivity contribution is 7.13. The van der Waals surface area contributed by atoms with Gasteiger partial charge in [-0.2, -0.15) is 0 Å². The number of halogens is 1.